The molecule has 1 aromatic heterocycles. The minimum atomic E-state index is -3.49. The molecule has 0 unspecified atom stereocenters. The molecule has 1 aliphatic heterocycles. The Morgan fingerprint density at radius 3 is 2.95 bits per heavy atom. The average Bonchev–Trinajstić information content (AvgIpc) is 2.84. The Morgan fingerprint density at radius 2 is 2.32 bits per heavy atom. The maximum absolute atomic E-state index is 12.5. The van der Waals surface area contributed by atoms with E-state index in [9.17, 15) is 8.42 Å². The number of nitrogens with zero attached hydrogens (tertiary/aromatic N) is 4. The van der Waals surface area contributed by atoms with Crippen molar-refractivity contribution in [1.29, 1.82) is 0 Å². The van der Waals surface area contributed by atoms with Gasteiger partial charge in [0.1, 0.15) is 0 Å². The summed E-state index contributed by atoms with van der Waals surface area (Å²) in [6, 6.07) is 0. The Hall–Kier alpha value is -0.990. The number of aromatic nitrogens is 3. The van der Waals surface area contributed by atoms with E-state index in [-0.39, 0.29) is 10.9 Å². The monoisotopic (exact) mass is 288 g/mol. The Balaban J connectivity index is 2.10. The van der Waals surface area contributed by atoms with Crippen molar-refractivity contribution in [2.45, 2.75) is 24.8 Å². The van der Waals surface area contributed by atoms with E-state index in [0.29, 0.717) is 26.3 Å². The van der Waals surface area contributed by atoms with E-state index in [1.165, 1.54) is 15.2 Å². The van der Waals surface area contributed by atoms with Crippen molar-refractivity contribution < 1.29 is 13.2 Å². The topological polar surface area (TPSA) is 77.3 Å². The quantitative estimate of drug-likeness (QED) is 0.776. The Bertz CT molecular complexity index is 514. The van der Waals surface area contributed by atoms with Crippen LogP contribution in [0.2, 0.25) is 0 Å². The lowest BCUT2D eigenvalue weighted by Crippen LogP contribution is -2.41. The molecule has 1 saturated heterocycles. The molecular weight excluding hydrogens is 268 g/mol. The van der Waals surface area contributed by atoms with Crippen LogP contribution in [0.15, 0.2) is 11.2 Å². The first kappa shape index (κ1) is 14.4. The molecule has 8 heteroatoms. The summed E-state index contributed by atoms with van der Waals surface area (Å²) in [6.45, 7) is 4.28. The van der Waals surface area contributed by atoms with Gasteiger partial charge in [-0.2, -0.15) is 4.31 Å². The standard InChI is InChI=1S/C11H20N4O3S/c1-3-18-9-10-5-4-6-15(8-10)19(16,17)11-7-12-13-14(11)2/h7,10H,3-6,8-9H2,1-2H3/t10-/m0/s1. The zero-order chi connectivity index (χ0) is 13.9. The summed E-state index contributed by atoms with van der Waals surface area (Å²) in [5.41, 5.74) is 0. The van der Waals surface area contributed by atoms with Crippen molar-refractivity contribution in [3.63, 3.8) is 0 Å². The molecule has 19 heavy (non-hydrogen) atoms. The number of aryl methyl sites for hydroxylation is 1. The van der Waals surface area contributed by atoms with Gasteiger partial charge in [0, 0.05) is 26.7 Å². The summed E-state index contributed by atoms with van der Waals surface area (Å²) in [4.78, 5) is 0. The van der Waals surface area contributed by atoms with Crippen LogP contribution in [0.25, 0.3) is 0 Å². The predicted octanol–water partition coefficient (Wildman–Crippen LogP) is 0.252. The molecule has 0 radical (unpaired) electrons. The minimum Gasteiger partial charge on any atom is -0.381 e. The third kappa shape index (κ3) is 3.13. The highest BCUT2D eigenvalue weighted by Gasteiger charge is 2.32. The Morgan fingerprint density at radius 1 is 1.53 bits per heavy atom. The first-order valence-electron chi connectivity index (χ1n) is 6.48. The van der Waals surface area contributed by atoms with Gasteiger partial charge >= 0.3 is 0 Å². The number of hydrogen-bond acceptors (Lipinski definition) is 5. The van der Waals surface area contributed by atoms with E-state index in [2.05, 4.69) is 10.3 Å². The van der Waals surface area contributed by atoms with E-state index in [1.54, 1.807) is 7.05 Å². The average molecular weight is 288 g/mol. The van der Waals surface area contributed by atoms with Crippen molar-refractivity contribution in [2.24, 2.45) is 13.0 Å². The van der Waals surface area contributed by atoms with Crippen LogP contribution >= 0.6 is 0 Å². The fourth-order valence-corrected chi connectivity index (χ4v) is 3.90. The second kappa shape index (κ2) is 5.98. The van der Waals surface area contributed by atoms with Gasteiger partial charge in [-0.3, -0.25) is 0 Å². The first-order chi connectivity index (χ1) is 9.05. The molecule has 0 saturated carbocycles. The summed E-state index contributed by atoms with van der Waals surface area (Å²) >= 11 is 0. The lowest BCUT2D eigenvalue weighted by molar-refractivity contribution is 0.0863. The zero-order valence-corrected chi connectivity index (χ0v) is 12.1. The smallest absolute Gasteiger partial charge is 0.261 e. The van der Waals surface area contributed by atoms with Gasteiger partial charge in [0.2, 0.25) is 0 Å². The summed E-state index contributed by atoms with van der Waals surface area (Å²) in [5.74, 6) is 0.268. The summed E-state index contributed by atoms with van der Waals surface area (Å²) in [5, 5.41) is 7.46. The molecule has 2 rings (SSSR count). The molecule has 7 nitrogen and oxygen atoms in total. The van der Waals surface area contributed by atoms with Crippen LogP contribution in [-0.2, 0) is 21.8 Å². The number of sulfonamides is 1. The molecular formula is C11H20N4O3S. The second-order valence-electron chi connectivity index (χ2n) is 4.73. The molecule has 0 N–H and O–H groups in total. The summed E-state index contributed by atoms with van der Waals surface area (Å²) < 4.78 is 33.1. The maximum atomic E-state index is 12.5. The van der Waals surface area contributed by atoms with Gasteiger partial charge in [-0.25, -0.2) is 13.1 Å². The van der Waals surface area contributed by atoms with E-state index in [4.69, 9.17) is 4.74 Å². The molecule has 0 amide bonds. The van der Waals surface area contributed by atoms with Gasteiger partial charge in [0.05, 0.1) is 12.8 Å². The largest absolute Gasteiger partial charge is 0.381 e. The fourth-order valence-electron chi connectivity index (χ4n) is 2.31. The number of ether oxygens (including phenoxy) is 1. The van der Waals surface area contributed by atoms with Crippen molar-refractivity contribution in [2.75, 3.05) is 26.3 Å². The van der Waals surface area contributed by atoms with Crippen LogP contribution in [0, 0.1) is 5.92 Å². The maximum Gasteiger partial charge on any atom is 0.261 e. The molecule has 0 aromatic carbocycles. The third-order valence-corrected chi connectivity index (χ3v) is 5.23. The van der Waals surface area contributed by atoms with Gasteiger partial charge in [-0.1, -0.05) is 5.21 Å². The summed E-state index contributed by atoms with van der Waals surface area (Å²) in [7, 11) is -1.91. The van der Waals surface area contributed by atoms with Gasteiger partial charge in [0.25, 0.3) is 10.0 Å². The highest BCUT2D eigenvalue weighted by Crippen LogP contribution is 2.23. The van der Waals surface area contributed by atoms with Gasteiger partial charge < -0.3 is 4.74 Å². The van der Waals surface area contributed by atoms with Gasteiger partial charge in [-0.15, -0.1) is 5.10 Å². The van der Waals surface area contributed by atoms with Crippen LogP contribution in [0.1, 0.15) is 19.8 Å². The first-order valence-corrected chi connectivity index (χ1v) is 7.92. The molecule has 1 aliphatic rings. The molecule has 1 atom stereocenters. The van der Waals surface area contributed by atoms with E-state index < -0.39 is 10.0 Å². The van der Waals surface area contributed by atoms with Crippen molar-refractivity contribution >= 4 is 10.0 Å². The number of rotatable bonds is 5. The number of piperidine rings is 1. The lowest BCUT2D eigenvalue weighted by atomic mass is 10.0. The zero-order valence-electron chi connectivity index (χ0n) is 11.3. The minimum absolute atomic E-state index is 0.143. The van der Waals surface area contributed by atoms with Crippen LogP contribution in [0.5, 0.6) is 0 Å². The van der Waals surface area contributed by atoms with Crippen molar-refractivity contribution in [3.05, 3.63) is 6.20 Å². The molecule has 2 heterocycles. The highest BCUT2D eigenvalue weighted by atomic mass is 32.2. The van der Waals surface area contributed by atoms with Crippen LogP contribution < -0.4 is 0 Å². The second-order valence-corrected chi connectivity index (χ2v) is 6.61. The predicted molar refractivity (Wildman–Crippen MR) is 69.0 cm³/mol. The number of hydrogen-bond donors (Lipinski definition) is 0. The van der Waals surface area contributed by atoms with Crippen molar-refractivity contribution in [3.8, 4) is 0 Å². The highest BCUT2D eigenvalue weighted by molar-refractivity contribution is 7.89. The van der Waals surface area contributed by atoms with E-state index in [1.807, 2.05) is 6.92 Å². The molecule has 1 fully saturated rings. The molecule has 0 spiro atoms. The van der Waals surface area contributed by atoms with Gasteiger partial charge in [-0.05, 0) is 25.7 Å². The van der Waals surface area contributed by atoms with Crippen LogP contribution in [-0.4, -0.2) is 54.0 Å². The SMILES string of the molecule is CCOC[C@H]1CCCN(S(=O)(=O)c2cnnn2C)C1. The lowest BCUT2D eigenvalue weighted by Gasteiger charge is -2.31. The van der Waals surface area contributed by atoms with E-state index in [0.717, 1.165) is 12.8 Å². The molecule has 1 aromatic rings. The molecule has 108 valence electrons. The fraction of sp³-hybridized carbons (Fsp3) is 0.818. The Labute approximate surface area is 113 Å². The summed E-state index contributed by atoms with van der Waals surface area (Å²) in [6.07, 6.45) is 3.17. The normalized spacial score (nSPS) is 21.7. The van der Waals surface area contributed by atoms with Crippen LogP contribution in [0.4, 0.5) is 0 Å². The molecule has 0 aliphatic carbocycles. The van der Waals surface area contributed by atoms with E-state index >= 15 is 0 Å². The molecule has 0 bridgehead atoms. The van der Waals surface area contributed by atoms with Crippen molar-refractivity contribution in [1.82, 2.24) is 19.3 Å². The Kier molecular flexibility index (Phi) is 4.54. The van der Waals surface area contributed by atoms with Gasteiger partial charge in [0.15, 0.2) is 5.03 Å². The van der Waals surface area contributed by atoms with Crippen LogP contribution in [0.3, 0.4) is 0 Å². The third-order valence-electron chi connectivity index (χ3n) is 3.32.